The molecular weight excluding hydrogens is 254 g/mol. The summed E-state index contributed by atoms with van der Waals surface area (Å²) in [7, 11) is 3.69. The van der Waals surface area contributed by atoms with Crippen LogP contribution in [0.25, 0.3) is 0 Å². The standard InChI is InChI=1S/C15H25N3O2/c1-16-10-12-3-4-14-13(9-12)11-17-15(18-14)5-6-20-8-7-19-2/h11-12,16H,3-10H2,1-2H3. The fourth-order valence-corrected chi connectivity index (χ4v) is 2.62. The van der Waals surface area contributed by atoms with Gasteiger partial charge in [0.1, 0.15) is 5.82 Å². The van der Waals surface area contributed by atoms with Crippen molar-refractivity contribution in [3.05, 3.63) is 23.3 Å². The van der Waals surface area contributed by atoms with Gasteiger partial charge in [0.2, 0.25) is 0 Å². The number of hydrogen-bond acceptors (Lipinski definition) is 5. The van der Waals surface area contributed by atoms with E-state index >= 15 is 0 Å². The maximum absolute atomic E-state index is 5.46. The van der Waals surface area contributed by atoms with E-state index in [9.17, 15) is 0 Å². The molecule has 0 saturated heterocycles. The normalized spacial score (nSPS) is 18.0. The summed E-state index contributed by atoms with van der Waals surface area (Å²) >= 11 is 0. The molecule has 112 valence electrons. The zero-order valence-electron chi connectivity index (χ0n) is 12.5. The fraction of sp³-hybridized carbons (Fsp3) is 0.733. The highest BCUT2D eigenvalue weighted by molar-refractivity contribution is 5.21. The van der Waals surface area contributed by atoms with Gasteiger partial charge in [-0.3, -0.25) is 0 Å². The van der Waals surface area contributed by atoms with Gasteiger partial charge in [-0.05, 0) is 44.3 Å². The highest BCUT2D eigenvalue weighted by Gasteiger charge is 2.19. The van der Waals surface area contributed by atoms with Crippen molar-refractivity contribution >= 4 is 0 Å². The lowest BCUT2D eigenvalue weighted by atomic mass is 9.87. The average Bonchev–Trinajstić information content (AvgIpc) is 2.47. The molecule has 0 radical (unpaired) electrons. The van der Waals surface area contributed by atoms with Gasteiger partial charge in [-0.15, -0.1) is 0 Å². The van der Waals surface area contributed by atoms with Crippen molar-refractivity contribution in [3.63, 3.8) is 0 Å². The van der Waals surface area contributed by atoms with Gasteiger partial charge in [-0.1, -0.05) is 0 Å². The molecule has 0 bridgehead atoms. The van der Waals surface area contributed by atoms with Gasteiger partial charge in [-0.25, -0.2) is 9.97 Å². The molecule has 5 nitrogen and oxygen atoms in total. The van der Waals surface area contributed by atoms with Gasteiger partial charge in [0, 0.05) is 25.4 Å². The fourth-order valence-electron chi connectivity index (χ4n) is 2.62. The summed E-state index contributed by atoms with van der Waals surface area (Å²) < 4.78 is 10.4. The van der Waals surface area contributed by atoms with Crippen molar-refractivity contribution in [1.82, 2.24) is 15.3 Å². The van der Waals surface area contributed by atoms with Crippen molar-refractivity contribution in [1.29, 1.82) is 0 Å². The molecule has 1 atom stereocenters. The van der Waals surface area contributed by atoms with Crippen molar-refractivity contribution in [2.24, 2.45) is 5.92 Å². The third kappa shape index (κ3) is 4.51. The molecule has 1 heterocycles. The molecule has 2 rings (SSSR count). The van der Waals surface area contributed by atoms with Crippen LogP contribution < -0.4 is 5.32 Å². The summed E-state index contributed by atoms with van der Waals surface area (Å²) in [6.45, 7) is 3.00. The predicted octanol–water partition coefficient (Wildman–Crippen LogP) is 1.01. The number of nitrogens with one attached hydrogen (secondary N) is 1. The second-order valence-corrected chi connectivity index (χ2v) is 5.28. The highest BCUT2D eigenvalue weighted by atomic mass is 16.5. The Morgan fingerprint density at radius 1 is 1.35 bits per heavy atom. The molecule has 0 amide bonds. The molecule has 0 aliphatic heterocycles. The molecule has 0 saturated carbocycles. The third-order valence-corrected chi connectivity index (χ3v) is 3.70. The Kier molecular flexibility index (Phi) is 6.36. The number of nitrogens with zero attached hydrogens (tertiary/aromatic N) is 2. The minimum atomic E-state index is 0.632. The number of methoxy groups -OCH3 is 1. The van der Waals surface area contributed by atoms with E-state index < -0.39 is 0 Å². The Bertz CT molecular complexity index is 412. The Morgan fingerprint density at radius 3 is 3.05 bits per heavy atom. The Hall–Kier alpha value is -1.04. The molecule has 5 heteroatoms. The predicted molar refractivity (Wildman–Crippen MR) is 77.9 cm³/mol. The average molecular weight is 279 g/mol. The van der Waals surface area contributed by atoms with Crippen LogP contribution in [-0.2, 0) is 28.7 Å². The van der Waals surface area contributed by atoms with E-state index in [-0.39, 0.29) is 0 Å². The van der Waals surface area contributed by atoms with E-state index in [4.69, 9.17) is 9.47 Å². The van der Waals surface area contributed by atoms with Gasteiger partial charge in [-0.2, -0.15) is 0 Å². The lowest BCUT2D eigenvalue weighted by Crippen LogP contribution is -2.25. The number of rotatable bonds is 8. The first-order valence-corrected chi connectivity index (χ1v) is 7.38. The van der Waals surface area contributed by atoms with Crippen molar-refractivity contribution in [2.75, 3.05) is 40.5 Å². The Labute approximate surface area is 121 Å². The van der Waals surface area contributed by atoms with Crippen molar-refractivity contribution in [2.45, 2.75) is 25.7 Å². The summed E-state index contributed by atoms with van der Waals surface area (Å²) in [5.41, 5.74) is 2.56. The van der Waals surface area contributed by atoms with E-state index in [1.165, 1.54) is 17.7 Å². The summed E-state index contributed by atoms with van der Waals surface area (Å²) in [6.07, 6.45) is 6.17. The van der Waals surface area contributed by atoms with Gasteiger partial charge in [0.15, 0.2) is 0 Å². The minimum absolute atomic E-state index is 0.632. The molecule has 0 aromatic carbocycles. The number of fused-ring (bicyclic) bond motifs is 1. The third-order valence-electron chi connectivity index (χ3n) is 3.70. The lowest BCUT2D eigenvalue weighted by Gasteiger charge is -2.23. The zero-order chi connectivity index (χ0) is 14.2. The topological polar surface area (TPSA) is 56.3 Å². The molecule has 0 fully saturated rings. The van der Waals surface area contributed by atoms with E-state index in [2.05, 4.69) is 15.3 Å². The monoisotopic (exact) mass is 279 g/mol. The molecule has 20 heavy (non-hydrogen) atoms. The summed E-state index contributed by atoms with van der Waals surface area (Å²) in [6, 6.07) is 0. The first-order chi connectivity index (χ1) is 9.83. The van der Waals surface area contributed by atoms with Gasteiger partial charge < -0.3 is 14.8 Å². The van der Waals surface area contributed by atoms with E-state index in [1.807, 2.05) is 13.2 Å². The second-order valence-electron chi connectivity index (χ2n) is 5.28. The molecule has 1 N–H and O–H groups in total. The molecule has 1 aliphatic carbocycles. The highest BCUT2D eigenvalue weighted by Crippen LogP contribution is 2.23. The molecular formula is C15H25N3O2. The van der Waals surface area contributed by atoms with Gasteiger partial charge in [0.05, 0.1) is 19.8 Å². The SMILES string of the molecule is CNCC1CCc2nc(CCOCCOC)ncc2C1. The number of ether oxygens (including phenoxy) is 2. The molecule has 1 aliphatic rings. The first-order valence-electron chi connectivity index (χ1n) is 7.38. The Morgan fingerprint density at radius 2 is 2.25 bits per heavy atom. The maximum atomic E-state index is 5.46. The van der Waals surface area contributed by atoms with Crippen LogP contribution >= 0.6 is 0 Å². The van der Waals surface area contributed by atoms with E-state index in [1.54, 1.807) is 7.11 Å². The smallest absolute Gasteiger partial charge is 0.130 e. The van der Waals surface area contributed by atoms with Crippen molar-refractivity contribution < 1.29 is 9.47 Å². The quantitative estimate of drug-likeness (QED) is 0.720. The van der Waals surface area contributed by atoms with Crippen LogP contribution in [-0.4, -0.2) is 50.5 Å². The Balaban J connectivity index is 1.83. The maximum Gasteiger partial charge on any atom is 0.130 e. The van der Waals surface area contributed by atoms with Crippen LogP contribution in [0.15, 0.2) is 6.20 Å². The zero-order valence-corrected chi connectivity index (χ0v) is 12.5. The second kappa shape index (κ2) is 8.29. The molecule has 1 aromatic rings. The molecule has 1 unspecified atom stereocenters. The van der Waals surface area contributed by atoms with E-state index in [0.29, 0.717) is 19.8 Å². The van der Waals surface area contributed by atoms with E-state index in [0.717, 1.165) is 37.5 Å². The van der Waals surface area contributed by atoms with Crippen LogP contribution in [0.1, 0.15) is 23.5 Å². The van der Waals surface area contributed by atoms with Crippen LogP contribution in [0.2, 0.25) is 0 Å². The number of aryl methyl sites for hydroxylation is 1. The van der Waals surface area contributed by atoms with Crippen LogP contribution in [0.4, 0.5) is 0 Å². The number of aromatic nitrogens is 2. The largest absolute Gasteiger partial charge is 0.382 e. The summed E-state index contributed by atoms with van der Waals surface area (Å²) in [5.74, 6) is 1.62. The molecule has 0 spiro atoms. The summed E-state index contributed by atoms with van der Waals surface area (Å²) in [5, 5.41) is 3.26. The van der Waals surface area contributed by atoms with Gasteiger partial charge >= 0.3 is 0 Å². The van der Waals surface area contributed by atoms with Crippen LogP contribution in [0.3, 0.4) is 0 Å². The van der Waals surface area contributed by atoms with Crippen LogP contribution in [0.5, 0.6) is 0 Å². The molecule has 1 aromatic heterocycles. The lowest BCUT2D eigenvalue weighted by molar-refractivity contribution is 0.0716. The minimum Gasteiger partial charge on any atom is -0.382 e. The summed E-state index contributed by atoms with van der Waals surface area (Å²) in [4.78, 5) is 9.14. The van der Waals surface area contributed by atoms with Crippen LogP contribution in [0, 0.1) is 5.92 Å². The van der Waals surface area contributed by atoms with Gasteiger partial charge in [0.25, 0.3) is 0 Å². The van der Waals surface area contributed by atoms with Crippen molar-refractivity contribution in [3.8, 4) is 0 Å². The number of hydrogen-bond donors (Lipinski definition) is 1. The first kappa shape index (κ1) is 15.4.